The number of likely N-dealkylation sites (tertiary alicyclic amines) is 1. The second-order valence-electron chi connectivity index (χ2n) is 7.51. The first-order valence-corrected chi connectivity index (χ1v) is 9.35. The van der Waals surface area contributed by atoms with Crippen molar-refractivity contribution in [3.63, 3.8) is 0 Å². The van der Waals surface area contributed by atoms with Gasteiger partial charge in [-0.3, -0.25) is 9.48 Å². The number of anilines is 1. The van der Waals surface area contributed by atoms with Crippen LogP contribution in [0.5, 0.6) is 0 Å². The predicted octanol–water partition coefficient (Wildman–Crippen LogP) is 2.23. The van der Waals surface area contributed by atoms with E-state index >= 15 is 0 Å². The van der Waals surface area contributed by atoms with Crippen LogP contribution in [0.4, 0.5) is 10.1 Å². The maximum atomic E-state index is 13.7. The van der Waals surface area contributed by atoms with Crippen LogP contribution in [0.3, 0.4) is 0 Å². The molecular formula is C20H25FN4O2. The molecule has 4 rings (SSSR count). The molecule has 144 valence electrons. The van der Waals surface area contributed by atoms with Crippen LogP contribution in [0.2, 0.25) is 0 Å². The molecule has 27 heavy (non-hydrogen) atoms. The van der Waals surface area contributed by atoms with Crippen molar-refractivity contribution in [3.8, 4) is 0 Å². The zero-order valence-electron chi connectivity index (χ0n) is 15.8. The highest BCUT2D eigenvalue weighted by atomic mass is 19.1. The van der Waals surface area contributed by atoms with Gasteiger partial charge in [-0.2, -0.15) is 5.10 Å². The molecule has 0 N–H and O–H groups in total. The number of aryl methyl sites for hydroxylation is 1. The van der Waals surface area contributed by atoms with Crippen LogP contribution in [0.25, 0.3) is 0 Å². The number of rotatable bonds is 4. The third kappa shape index (κ3) is 3.20. The molecule has 2 fully saturated rings. The van der Waals surface area contributed by atoms with Crippen molar-refractivity contribution in [1.82, 2.24) is 14.7 Å². The molecule has 3 heterocycles. The molecule has 2 aliphatic rings. The summed E-state index contributed by atoms with van der Waals surface area (Å²) in [6.07, 6.45) is 5.36. The topological polar surface area (TPSA) is 50.6 Å². The number of halogens is 1. The molecule has 0 bridgehead atoms. The summed E-state index contributed by atoms with van der Waals surface area (Å²) in [5.74, 6) is -0.149. The molecule has 2 saturated heterocycles. The van der Waals surface area contributed by atoms with Crippen LogP contribution in [-0.2, 0) is 16.1 Å². The van der Waals surface area contributed by atoms with Crippen molar-refractivity contribution < 1.29 is 13.9 Å². The summed E-state index contributed by atoms with van der Waals surface area (Å²) >= 11 is 0. The number of benzene rings is 1. The zero-order chi connectivity index (χ0) is 19.0. The van der Waals surface area contributed by atoms with E-state index in [0.717, 1.165) is 30.6 Å². The second kappa shape index (κ2) is 6.96. The molecule has 1 aromatic heterocycles. The molecule has 1 unspecified atom stereocenters. The fourth-order valence-electron chi connectivity index (χ4n) is 4.41. The van der Waals surface area contributed by atoms with E-state index in [9.17, 15) is 9.18 Å². The van der Waals surface area contributed by atoms with Gasteiger partial charge in [-0.05, 0) is 43.5 Å². The number of ether oxygens (including phenoxy) is 1. The van der Waals surface area contributed by atoms with Crippen LogP contribution in [0, 0.1) is 12.7 Å². The van der Waals surface area contributed by atoms with Crippen molar-refractivity contribution in [1.29, 1.82) is 0 Å². The van der Waals surface area contributed by atoms with Gasteiger partial charge in [0.05, 0.1) is 17.8 Å². The lowest BCUT2D eigenvalue weighted by Crippen LogP contribution is -2.74. The normalized spacial score (nSPS) is 21.4. The van der Waals surface area contributed by atoms with E-state index < -0.39 is 0 Å². The average molecular weight is 372 g/mol. The van der Waals surface area contributed by atoms with Gasteiger partial charge in [-0.25, -0.2) is 4.39 Å². The highest BCUT2D eigenvalue weighted by molar-refractivity contribution is 5.76. The van der Waals surface area contributed by atoms with Crippen LogP contribution in [0.1, 0.15) is 18.4 Å². The van der Waals surface area contributed by atoms with E-state index in [0.29, 0.717) is 13.1 Å². The monoisotopic (exact) mass is 372 g/mol. The maximum Gasteiger partial charge on any atom is 0.244 e. The fraction of sp³-hybridized carbons (Fsp3) is 0.500. The lowest BCUT2D eigenvalue weighted by Gasteiger charge is -2.61. The summed E-state index contributed by atoms with van der Waals surface area (Å²) in [4.78, 5) is 16.8. The minimum Gasteiger partial charge on any atom is -0.377 e. The minimum absolute atomic E-state index is 0.0820. The summed E-state index contributed by atoms with van der Waals surface area (Å²) in [6.45, 7) is 4.32. The first kappa shape index (κ1) is 18.0. The van der Waals surface area contributed by atoms with Gasteiger partial charge in [-0.1, -0.05) is 6.07 Å². The Labute approximate surface area is 158 Å². The number of nitrogens with zero attached hydrogens (tertiary/aromatic N) is 4. The molecule has 0 aliphatic carbocycles. The number of amides is 1. The molecule has 0 saturated carbocycles. The van der Waals surface area contributed by atoms with Gasteiger partial charge in [0, 0.05) is 38.6 Å². The molecule has 7 heteroatoms. The Bertz CT molecular complexity index is 829. The second-order valence-corrected chi connectivity index (χ2v) is 7.51. The number of carbonyl (C=O) groups is 1. The number of aromatic nitrogens is 2. The number of piperidine rings is 1. The van der Waals surface area contributed by atoms with Crippen molar-refractivity contribution in [3.05, 3.63) is 48.0 Å². The van der Waals surface area contributed by atoms with Crippen LogP contribution >= 0.6 is 0 Å². The zero-order valence-corrected chi connectivity index (χ0v) is 15.8. The molecule has 1 aromatic carbocycles. The van der Waals surface area contributed by atoms with Crippen LogP contribution < -0.4 is 4.90 Å². The highest BCUT2D eigenvalue weighted by Gasteiger charge is 2.55. The summed E-state index contributed by atoms with van der Waals surface area (Å²) in [5.41, 5.74) is 1.76. The van der Waals surface area contributed by atoms with Crippen molar-refractivity contribution in [2.24, 2.45) is 0 Å². The van der Waals surface area contributed by atoms with Crippen molar-refractivity contribution in [2.45, 2.75) is 38.0 Å². The third-order valence-corrected chi connectivity index (χ3v) is 5.93. The van der Waals surface area contributed by atoms with E-state index in [-0.39, 0.29) is 29.9 Å². The van der Waals surface area contributed by atoms with Gasteiger partial charge in [0.25, 0.3) is 0 Å². The van der Waals surface area contributed by atoms with Crippen molar-refractivity contribution >= 4 is 11.6 Å². The van der Waals surface area contributed by atoms with Crippen LogP contribution in [0.15, 0.2) is 36.7 Å². The number of hydrogen-bond donors (Lipinski definition) is 0. The van der Waals surface area contributed by atoms with Gasteiger partial charge in [0.15, 0.2) is 0 Å². The smallest absolute Gasteiger partial charge is 0.244 e. The first-order chi connectivity index (χ1) is 13.0. The molecule has 1 atom stereocenters. The molecule has 6 nitrogen and oxygen atoms in total. The summed E-state index contributed by atoms with van der Waals surface area (Å²) in [7, 11) is 1.73. The van der Waals surface area contributed by atoms with E-state index in [1.165, 1.54) is 6.07 Å². The Morgan fingerprint density at radius 3 is 2.78 bits per heavy atom. The number of hydrogen-bond acceptors (Lipinski definition) is 4. The van der Waals surface area contributed by atoms with Gasteiger partial charge in [-0.15, -0.1) is 0 Å². The largest absolute Gasteiger partial charge is 0.377 e. The van der Waals surface area contributed by atoms with Gasteiger partial charge in [0.2, 0.25) is 5.91 Å². The molecule has 2 aromatic rings. The van der Waals surface area contributed by atoms with E-state index in [4.69, 9.17) is 4.74 Å². The maximum absolute atomic E-state index is 13.7. The Morgan fingerprint density at radius 1 is 1.37 bits per heavy atom. The quantitative estimate of drug-likeness (QED) is 0.826. The molecule has 2 aliphatic heterocycles. The lowest BCUT2D eigenvalue weighted by molar-refractivity contribution is -0.135. The fourth-order valence-corrected chi connectivity index (χ4v) is 4.41. The van der Waals surface area contributed by atoms with E-state index in [2.05, 4.69) is 10.00 Å². The standard InChI is InChI=1S/C20H25FN4O2/c1-15-11-22-24(12-15)14-19(26)23-8-6-20(7-9-23)18(27-2)13-25(20)17-5-3-4-16(21)10-17/h3-5,10-12,18H,6-9,13-14H2,1-2H3. The Hall–Kier alpha value is -2.41. The predicted molar refractivity (Wildman–Crippen MR) is 100 cm³/mol. The van der Waals surface area contributed by atoms with E-state index in [1.54, 1.807) is 30.1 Å². The molecule has 1 amide bonds. The first-order valence-electron chi connectivity index (χ1n) is 9.35. The van der Waals surface area contributed by atoms with Crippen molar-refractivity contribution in [2.75, 3.05) is 31.6 Å². The summed E-state index contributed by atoms with van der Waals surface area (Å²) in [5, 5.41) is 4.20. The Kier molecular flexibility index (Phi) is 4.63. The summed E-state index contributed by atoms with van der Waals surface area (Å²) < 4.78 is 21.1. The Balaban J connectivity index is 1.44. The van der Waals surface area contributed by atoms with Gasteiger partial charge in [0.1, 0.15) is 12.4 Å². The van der Waals surface area contributed by atoms with Crippen LogP contribution in [-0.4, -0.2) is 59.0 Å². The molecule has 0 radical (unpaired) electrons. The van der Waals surface area contributed by atoms with E-state index in [1.807, 2.05) is 24.1 Å². The molecular weight excluding hydrogens is 347 g/mol. The number of carbonyl (C=O) groups excluding carboxylic acids is 1. The molecule has 1 spiro atoms. The average Bonchev–Trinajstić information content (AvgIpc) is 3.06. The number of methoxy groups -OCH3 is 1. The van der Waals surface area contributed by atoms with Gasteiger partial charge < -0.3 is 14.5 Å². The summed E-state index contributed by atoms with van der Waals surface area (Å²) in [6, 6.07) is 6.71. The SMILES string of the molecule is COC1CN(c2cccc(F)c2)C12CCN(C(=O)Cn1cc(C)cn1)CC2. The highest BCUT2D eigenvalue weighted by Crippen LogP contribution is 2.44. The minimum atomic E-state index is -0.231. The Morgan fingerprint density at radius 2 is 2.15 bits per heavy atom. The lowest BCUT2D eigenvalue weighted by atomic mass is 9.73. The van der Waals surface area contributed by atoms with Gasteiger partial charge >= 0.3 is 0 Å². The third-order valence-electron chi connectivity index (χ3n) is 5.93.